The number of nitrogens with one attached hydrogen (secondary N) is 1. The van der Waals surface area contributed by atoms with E-state index in [9.17, 15) is 18.0 Å². The largest absolute Gasteiger partial charge is 0.465 e. The van der Waals surface area contributed by atoms with Crippen LogP contribution in [-0.4, -0.2) is 24.3 Å². The number of nitrogens with zero attached hydrogens (tertiary/aromatic N) is 1. The minimum absolute atomic E-state index is 0.000377. The zero-order valence-corrected chi connectivity index (χ0v) is 15.1. The van der Waals surface area contributed by atoms with Gasteiger partial charge >= 0.3 is 12.3 Å². The van der Waals surface area contributed by atoms with Gasteiger partial charge in [0, 0.05) is 28.9 Å². The van der Waals surface area contributed by atoms with Crippen LogP contribution in [0.5, 0.6) is 0 Å². The van der Waals surface area contributed by atoms with Crippen LogP contribution in [0.3, 0.4) is 0 Å². The molecule has 2 N–H and O–H groups in total. The van der Waals surface area contributed by atoms with E-state index in [0.29, 0.717) is 18.7 Å². The SMILES string of the molecule is O=C(O)NCC1Cc2c(Br)cccc2N(c2ccc(C(F)(F)F)cc2)C1. The van der Waals surface area contributed by atoms with E-state index in [2.05, 4.69) is 21.2 Å². The number of anilines is 2. The third kappa shape index (κ3) is 3.95. The van der Waals surface area contributed by atoms with E-state index in [4.69, 9.17) is 5.11 Å². The van der Waals surface area contributed by atoms with E-state index in [0.717, 1.165) is 27.9 Å². The molecule has 1 atom stereocenters. The van der Waals surface area contributed by atoms with Gasteiger partial charge in [-0.05, 0) is 54.3 Å². The molecule has 4 nitrogen and oxygen atoms in total. The first kappa shape index (κ1) is 18.6. The Balaban J connectivity index is 1.94. The van der Waals surface area contributed by atoms with Gasteiger partial charge in [-0.25, -0.2) is 4.79 Å². The van der Waals surface area contributed by atoms with Crippen molar-refractivity contribution < 1.29 is 23.1 Å². The fraction of sp³-hybridized carbons (Fsp3) is 0.278. The molecule has 1 aliphatic heterocycles. The molecule has 0 aliphatic carbocycles. The predicted octanol–water partition coefficient (Wildman–Crippen LogP) is 5.05. The second-order valence-corrected chi connectivity index (χ2v) is 7.00. The number of hydrogen-bond donors (Lipinski definition) is 2. The molecule has 0 bridgehead atoms. The van der Waals surface area contributed by atoms with Crippen LogP contribution >= 0.6 is 15.9 Å². The summed E-state index contributed by atoms with van der Waals surface area (Å²) in [5.74, 6) is -0.000377. The summed E-state index contributed by atoms with van der Waals surface area (Å²) < 4.78 is 39.3. The molecule has 2 aromatic rings. The standard InChI is InChI=1S/C18H16BrF3N2O2/c19-15-2-1-3-16-14(15)8-11(9-23-17(25)26)10-24(16)13-6-4-12(5-7-13)18(20,21)22/h1-7,11,23H,8-10H2,(H,25,26). The lowest BCUT2D eigenvalue weighted by atomic mass is 9.91. The van der Waals surface area contributed by atoms with Crippen molar-refractivity contribution in [2.75, 3.05) is 18.0 Å². The van der Waals surface area contributed by atoms with Gasteiger partial charge in [-0.1, -0.05) is 22.0 Å². The number of hydrogen-bond acceptors (Lipinski definition) is 2. The average molecular weight is 429 g/mol. The van der Waals surface area contributed by atoms with Gasteiger partial charge in [-0.15, -0.1) is 0 Å². The molecule has 0 radical (unpaired) electrons. The smallest absolute Gasteiger partial charge is 0.416 e. The second-order valence-electron chi connectivity index (χ2n) is 6.15. The number of benzene rings is 2. The Morgan fingerprint density at radius 2 is 1.92 bits per heavy atom. The molecule has 0 saturated carbocycles. The normalized spacial score (nSPS) is 16.9. The first-order valence-electron chi connectivity index (χ1n) is 7.94. The number of amides is 1. The van der Waals surface area contributed by atoms with Crippen LogP contribution in [0.2, 0.25) is 0 Å². The maximum Gasteiger partial charge on any atom is 0.416 e. The van der Waals surface area contributed by atoms with Crippen molar-refractivity contribution in [1.82, 2.24) is 5.32 Å². The average Bonchev–Trinajstić information content (AvgIpc) is 2.59. The molecule has 1 aliphatic rings. The molecule has 0 saturated heterocycles. The molecule has 138 valence electrons. The predicted molar refractivity (Wildman–Crippen MR) is 95.8 cm³/mol. The van der Waals surface area contributed by atoms with Crippen molar-refractivity contribution in [2.24, 2.45) is 5.92 Å². The summed E-state index contributed by atoms with van der Waals surface area (Å²) in [7, 11) is 0. The summed E-state index contributed by atoms with van der Waals surface area (Å²) in [6.07, 6.45) is -4.80. The monoisotopic (exact) mass is 428 g/mol. The molecular weight excluding hydrogens is 413 g/mol. The van der Waals surface area contributed by atoms with Crippen molar-refractivity contribution >= 4 is 33.4 Å². The first-order chi connectivity index (χ1) is 12.3. The highest BCUT2D eigenvalue weighted by Crippen LogP contribution is 2.39. The summed E-state index contributed by atoms with van der Waals surface area (Å²) in [6.45, 7) is 0.780. The first-order valence-corrected chi connectivity index (χ1v) is 8.74. The Morgan fingerprint density at radius 3 is 2.54 bits per heavy atom. The van der Waals surface area contributed by atoms with Gasteiger partial charge in [-0.2, -0.15) is 13.2 Å². The number of rotatable bonds is 3. The zero-order valence-electron chi connectivity index (χ0n) is 13.6. The van der Waals surface area contributed by atoms with Crippen LogP contribution in [0, 0.1) is 5.92 Å². The Kier molecular flexibility index (Phi) is 5.13. The van der Waals surface area contributed by atoms with Crippen LogP contribution in [0.4, 0.5) is 29.3 Å². The molecule has 0 fully saturated rings. The lowest BCUT2D eigenvalue weighted by Gasteiger charge is -2.36. The highest BCUT2D eigenvalue weighted by molar-refractivity contribution is 9.10. The summed E-state index contributed by atoms with van der Waals surface area (Å²) >= 11 is 3.52. The van der Waals surface area contributed by atoms with Crippen LogP contribution in [0.25, 0.3) is 0 Å². The van der Waals surface area contributed by atoms with Crippen LogP contribution in [0.1, 0.15) is 11.1 Å². The zero-order chi connectivity index (χ0) is 18.9. The highest BCUT2D eigenvalue weighted by Gasteiger charge is 2.31. The third-order valence-electron chi connectivity index (χ3n) is 4.37. The lowest BCUT2D eigenvalue weighted by molar-refractivity contribution is -0.137. The molecule has 0 spiro atoms. The molecule has 0 aromatic heterocycles. The topological polar surface area (TPSA) is 52.6 Å². The summed E-state index contributed by atoms with van der Waals surface area (Å²) in [4.78, 5) is 12.7. The van der Waals surface area contributed by atoms with Crippen LogP contribution in [-0.2, 0) is 12.6 Å². The fourth-order valence-corrected chi connectivity index (χ4v) is 3.67. The van der Waals surface area contributed by atoms with Gasteiger partial charge < -0.3 is 15.3 Å². The minimum Gasteiger partial charge on any atom is -0.465 e. The Labute approximate surface area is 156 Å². The lowest BCUT2D eigenvalue weighted by Crippen LogP contribution is -2.39. The second kappa shape index (κ2) is 7.19. The molecule has 1 heterocycles. The van der Waals surface area contributed by atoms with Crippen LogP contribution in [0.15, 0.2) is 46.9 Å². The van der Waals surface area contributed by atoms with Gasteiger partial charge in [0.2, 0.25) is 0 Å². The van der Waals surface area contributed by atoms with E-state index in [1.165, 1.54) is 12.1 Å². The van der Waals surface area contributed by atoms with Crippen LogP contribution < -0.4 is 10.2 Å². The fourth-order valence-electron chi connectivity index (χ4n) is 3.16. The third-order valence-corrected chi connectivity index (χ3v) is 5.11. The summed E-state index contributed by atoms with van der Waals surface area (Å²) in [6, 6.07) is 10.7. The maximum absolute atomic E-state index is 12.8. The number of alkyl halides is 3. The molecule has 3 rings (SSSR count). The number of carboxylic acid groups (broad SMARTS) is 1. The quantitative estimate of drug-likeness (QED) is 0.719. The maximum atomic E-state index is 12.8. The highest BCUT2D eigenvalue weighted by atomic mass is 79.9. The van der Waals surface area contributed by atoms with Crippen molar-refractivity contribution in [3.63, 3.8) is 0 Å². The summed E-state index contributed by atoms with van der Waals surface area (Å²) in [5.41, 5.74) is 1.86. The van der Waals surface area contributed by atoms with Crippen molar-refractivity contribution in [3.8, 4) is 0 Å². The van der Waals surface area contributed by atoms with Gasteiger partial charge in [0.25, 0.3) is 0 Å². The van der Waals surface area contributed by atoms with Crippen molar-refractivity contribution in [3.05, 3.63) is 58.1 Å². The Morgan fingerprint density at radius 1 is 1.23 bits per heavy atom. The molecule has 2 aromatic carbocycles. The summed E-state index contributed by atoms with van der Waals surface area (Å²) in [5, 5.41) is 11.2. The van der Waals surface area contributed by atoms with Gasteiger partial charge in [0.15, 0.2) is 0 Å². The van der Waals surface area contributed by atoms with Gasteiger partial charge in [0.05, 0.1) is 5.56 Å². The number of fused-ring (bicyclic) bond motifs is 1. The molecule has 8 heteroatoms. The Bertz CT molecular complexity index is 809. The van der Waals surface area contributed by atoms with E-state index < -0.39 is 17.8 Å². The van der Waals surface area contributed by atoms with E-state index in [1.54, 1.807) is 0 Å². The van der Waals surface area contributed by atoms with Crippen molar-refractivity contribution in [2.45, 2.75) is 12.6 Å². The minimum atomic E-state index is -4.38. The molecule has 1 amide bonds. The molecular formula is C18H16BrF3N2O2. The van der Waals surface area contributed by atoms with Gasteiger partial charge in [0.1, 0.15) is 0 Å². The molecule has 26 heavy (non-hydrogen) atoms. The Hall–Kier alpha value is -2.22. The van der Waals surface area contributed by atoms with E-state index >= 15 is 0 Å². The van der Waals surface area contributed by atoms with Crippen molar-refractivity contribution in [1.29, 1.82) is 0 Å². The van der Waals surface area contributed by atoms with E-state index in [1.807, 2.05) is 23.1 Å². The van der Waals surface area contributed by atoms with E-state index in [-0.39, 0.29) is 12.5 Å². The van der Waals surface area contributed by atoms with Gasteiger partial charge in [-0.3, -0.25) is 0 Å². The molecule has 1 unspecified atom stereocenters. The number of halogens is 4. The number of carbonyl (C=O) groups is 1.